The van der Waals surface area contributed by atoms with Crippen LogP contribution in [0.4, 0.5) is 0 Å². The molecule has 88 valence electrons. The first-order valence-corrected chi connectivity index (χ1v) is 5.91. The highest BCUT2D eigenvalue weighted by molar-refractivity contribution is 4.96. The van der Waals surface area contributed by atoms with E-state index in [2.05, 4.69) is 27.4 Å². The first-order chi connectivity index (χ1) is 6.93. The Hall–Kier alpha value is -0.340. The largest absolute Gasteiger partial charge is 0.374 e. The van der Waals surface area contributed by atoms with E-state index in [1.807, 2.05) is 0 Å². The van der Waals surface area contributed by atoms with Crippen molar-refractivity contribution in [2.24, 2.45) is 17.1 Å². The summed E-state index contributed by atoms with van der Waals surface area (Å²) in [4.78, 5) is 0. The number of nitrogens with two attached hydrogens (primary N) is 1. The van der Waals surface area contributed by atoms with Crippen molar-refractivity contribution < 1.29 is 4.74 Å². The van der Waals surface area contributed by atoms with Crippen molar-refractivity contribution in [1.29, 1.82) is 0 Å². The molecule has 0 aliphatic heterocycles. The van der Waals surface area contributed by atoms with Gasteiger partial charge >= 0.3 is 0 Å². The van der Waals surface area contributed by atoms with Crippen LogP contribution in [0.1, 0.15) is 40.0 Å². The maximum Gasteiger partial charge on any atom is 0.0690 e. The minimum absolute atomic E-state index is 0.395. The smallest absolute Gasteiger partial charge is 0.0690 e. The summed E-state index contributed by atoms with van der Waals surface area (Å²) in [6.45, 7) is 12.0. The van der Waals surface area contributed by atoms with Gasteiger partial charge in [-0.2, -0.15) is 0 Å². The predicted octanol–water partition coefficient (Wildman–Crippen LogP) is 2.73. The molecule has 0 saturated heterocycles. The molecule has 15 heavy (non-hydrogen) atoms. The van der Waals surface area contributed by atoms with Gasteiger partial charge in [0.1, 0.15) is 0 Å². The van der Waals surface area contributed by atoms with Crippen molar-refractivity contribution in [3.05, 3.63) is 12.2 Å². The van der Waals surface area contributed by atoms with Crippen LogP contribution in [0, 0.1) is 11.3 Å². The Morgan fingerprint density at radius 3 is 2.67 bits per heavy atom. The van der Waals surface area contributed by atoms with E-state index >= 15 is 0 Å². The minimum atomic E-state index is 0.395. The standard InChI is InChI=1S/C13H25NO/c1-10-5-12(7-13(3,4)6-10)15-9-11(2)8-14/h10,12H,2,5-9,14H2,1,3-4H3. The van der Waals surface area contributed by atoms with Gasteiger partial charge in [-0.05, 0) is 36.2 Å². The lowest BCUT2D eigenvalue weighted by Gasteiger charge is -2.38. The highest BCUT2D eigenvalue weighted by atomic mass is 16.5. The maximum atomic E-state index is 5.86. The first-order valence-electron chi connectivity index (χ1n) is 5.91. The third-order valence-corrected chi connectivity index (χ3v) is 3.16. The molecule has 1 aliphatic rings. The van der Waals surface area contributed by atoms with Gasteiger partial charge in [-0.15, -0.1) is 0 Å². The van der Waals surface area contributed by atoms with Gasteiger partial charge in [0, 0.05) is 6.54 Å². The number of hydrogen-bond acceptors (Lipinski definition) is 2. The van der Waals surface area contributed by atoms with Crippen molar-refractivity contribution in [2.45, 2.75) is 46.1 Å². The number of hydrogen-bond donors (Lipinski definition) is 1. The van der Waals surface area contributed by atoms with E-state index < -0.39 is 0 Å². The van der Waals surface area contributed by atoms with Gasteiger partial charge in [0.2, 0.25) is 0 Å². The van der Waals surface area contributed by atoms with Gasteiger partial charge in [0.25, 0.3) is 0 Å². The second kappa shape index (κ2) is 5.13. The zero-order chi connectivity index (χ0) is 11.5. The Bertz CT molecular complexity index is 223. The zero-order valence-electron chi connectivity index (χ0n) is 10.4. The van der Waals surface area contributed by atoms with E-state index in [1.54, 1.807) is 0 Å². The fourth-order valence-electron chi connectivity index (χ4n) is 2.68. The third-order valence-electron chi connectivity index (χ3n) is 3.16. The van der Waals surface area contributed by atoms with Crippen LogP contribution in [-0.2, 0) is 4.74 Å². The lowest BCUT2D eigenvalue weighted by molar-refractivity contribution is -0.0134. The highest BCUT2D eigenvalue weighted by Gasteiger charge is 2.32. The molecule has 2 unspecified atom stereocenters. The van der Waals surface area contributed by atoms with Gasteiger partial charge in [0.15, 0.2) is 0 Å². The molecule has 0 aromatic heterocycles. The van der Waals surface area contributed by atoms with Crippen molar-refractivity contribution in [3.63, 3.8) is 0 Å². The van der Waals surface area contributed by atoms with Gasteiger partial charge in [0.05, 0.1) is 12.7 Å². The van der Waals surface area contributed by atoms with Crippen molar-refractivity contribution in [2.75, 3.05) is 13.2 Å². The van der Waals surface area contributed by atoms with Crippen molar-refractivity contribution in [3.8, 4) is 0 Å². The van der Waals surface area contributed by atoms with Crippen LogP contribution >= 0.6 is 0 Å². The Kier molecular flexibility index (Phi) is 4.35. The molecular weight excluding hydrogens is 186 g/mol. The Balaban J connectivity index is 2.38. The highest BCUT2D eigenvalue weighted by Crippen LogP contribution is 2.39. The van der Waals surface area contributed by atoms with Crippen LogP contribution in [0.15, 0.2) is 12.2 Å². The van der Waals surface area contributed by atoms with E-state index in [0.29, 0.717) is 24.7 Å². The SMILES string of the molecule is C=C(CN)COC1CC(C)CC(C)(C)C1. The second-order valence-electron chi connectivity index (χ2n) is 5.80. The molecular formula is C13H25NO. The normalized spacial score (nSPS) is 30.1. The molecule has 0 spiro atoms. The summed E-state index contributed by atoms with van der Waals surface area (Å²) in [5, 5.41) is 0. The molecule has 1 rings (SSSR count). The Morgan fingerprint density at radius 1 is 1.47 bits per heavy atom. The van der Waals surface area contributed by atoms with E-state index in [1.165, 1.54) is 12.8 Å². The summed E-state index contributed by atoms with van der Waals surface area (Å²) in [6.07, 6.45) is 4.05. The molecule has 0 amide bonds. The Morgan fingerprint density at radius 2 is 2.13 bits per heavy atom. The molecule has 2 N–H and O–H groups in total. The molecule has 0 bridgehead atoms. The number of rotatable bonds is 4. The average molecular weight is 211 g/mol. The molecule has 0 radical (unpaired) electrons. The molecule has 1 fully saturated rings. The molecule has 0 aromatic carbocycles. The zero-order valence-corrected chi connectivity index (χ0v) is 10.4. The van der Waals surface area contributed by atoms with Crippen molar-refractivity contribution >= 4 is 0 Å². The van der Waals surface area contributed by atoms with Crippen LogP contribution in [0.25, 0.3) is 0 Å². The van der Waals surface area contributed by atoms with E-state index in [9.17, 15) is 0 Å². The summed E-state index contributed by atoms with van der Waals surface area (Å²) >= 11 is 0. The molecule has 2 nitrogen and oxygen atoms in total. The van der Waals surface area contributed by atoms with E-state index in [4.69, 9.17) is 10.5 Å². The summed E-state index contributed by atoms with van der Waals surface area (Å²) in [5.41, 5.74) is 6.90. The fourth-order valence-corrected chi connectivity index (χ4v) is 2.68. The predicted molar refractivity (Wildman–Crippen MR) is 64.7 cm³/mol. The van der Waals surface area contributed by atoms with Gasteiger partial charge in [-0.1, -0.05) is 27.4 Å². The van der Waals surface area contributed by atoms with Crippen molar-refractivity contribution in [1.82, 2.24) is 0 Å². The molecule has 0 aromatic rings. The first kappa shape index (κ1) is 12.7. The van der Waals surface area contributed by atoms with E-state index in [0.717, 1.165) is 17.9 Å². The number of ether oxygens (including phenoxy) is 1. The quantitative estimate of drug-likeness (QED) is 0.726. The summed E-state index contributed by atoms with van der Waals surface area (Å²) in [5.74, 6) is 0.768. The second-order valence-corrected chi connectivity index (χ2v) is 5.80. The fraction of sp³-hybridized carbons (Fsp3) is 0.846. The summed E-state index contributed by atoms with van der Waals surface area (Å²) in [6, 6.07) is 0. The molecule has 0 heterocycles. The van der Waals surface area contributed by atoms with Gasteiger partial charge in [-0.3, -0.25) is 0 Å². The minimum Gasteiger partial charge on any atom is -0.374 e. The molecule has 1 aliphatic carbocycles. The van der Waals surface area contributed by atoms with Crippen LogP contribution in [0.5, 0.6) is 0 Å². The lowest BCUT2D eigenvalue weighted by Crippen LogP contribution is -2.33. The average Bonchev–Trinajstić information content (AvgIpc) is 2.11. The third kappa shape index (κ3) is 4.35. The van der Waals surface area contributed by atoms with Gasteiger partial charge < -0.3 is 10.5 Å². The van der Waals surface area contributed by atoms with Crippen LogP contribution in [0.3, 0.4) is 0 Å². The molecule has 1 saturated carbocycles. The van der Waals surface area contributed by atoms with Gasteiger partial charge in [-0.25, -0.2) is 0 Å². The Labute approximate surface area is 93.9 Å². The van der Waals surface area contributed by atoms with Crippen LogP contribution in [-0.4, -0.2) is 19.3 Å². The molecule has 2 atom stereocenters. The summed E-state index contributed by atoms with van der Waals surface area (Å²) < 4.78 is 5.86. The molecule has 2 heteroatoms. The topological polar surface area (TPSA) is 35.2 Å². The van der Waals surface area contributed by atoms with E-state index in [-0.39, 0.29) is 0 Å². The van der Waals surface area contributed by atoms with Crippen LogP contribution in [0.2, 0.25) is 0 Å². The monoisotopic (exact) mass is 211 g/mol. The maximum absolute atomic E-state index is 5.86. The summed E-state index contributed by atoms with van der Waals surface area (Å²) in [7, 11) is 0. The van der Waals surface area contributed by atoms with Crippen LogP contribution < -0.4 is 5.73 Å². The lowest BCUT2D eigenvalue weighted by atomic mass is 9.71.